The molecule has 1 aromatic carbocycles. The van der Waals surface area contributed by atoms with E-state index in [-0.39, 0.29) is 23.5 Å². The second-order valence-corrected chi connectivity index (χ2v) is 7.90. The van der Waals surface area contributed by atoms with E-state index in [2.05, 4.69) is 15.5 Å². The Morgan fingerprint density at radius 1 is 1.32 bits per heavy atom. The Hall–Kier alpha value is -1.86. The maximum atomic E-state index is 12.3. The molecule has 22 heavy (non-hydrogen) atoms. The summed E-state index contributed by atoms with van der Waals surface area (Å²) in [6.45, 7) is 0. The first-order chi connectivity index (χ1) is 10.4. The quantitative estimate of drug-likeness (QED) is 0.889. The van der Waals surface area contributed by atoms with Gasteiger partial charge >= 0.3 is 0 Å². The van der Waals surface area contributed by atoms with Crippen molar-refractivity contribution in [1.29, 1.82) is 0 Å². The Labute approximate surface area is 132 Å². The van der Waals surface area contributed by atoms with Crippen molar-refractivity contribution in [2.45, 2.75) is 12.5 Å². The zero-order chi connectivity index (χ0) is 15.7. The molecular formula is C14H14ClN3O3S. The number of rotatable bonds is 3. The van der Waals surface area contributed by atoms with Crippen LogP contribution >= 0.6 is 11.6 Å². The summed E-state index contributed by atoms with van der Waals surface area (Å²) in [6.07, 6.45) is 1.88. The minimum atomic E-state index is -3.03. The molecule has 0 radical (unpaired) electrons. The maximum Gasteiger partial charge on any atom is 0.255 e. The number of carbonyl (C=O) groups excluding carboxylic acids is 1. The van der Waals surface area contributed by atoms with Crippen LogP contribution in [0.15, 0.2) is 30.5 Å². The lowest BCUT2D eigenvalue weighted by Gasteiger charge is -2.10. The van der Waals surface area contributed by atoms with Crippen molar-refractivity contribution in [1.82, 2.24) is 15.5 Å². The fourth-order valence-electron chi connectivity index (χ4n) is 2.47. The van der Waals surface area contributed by atoms with Gasteiger partial charge in [0.05, 0.1) is 29.0 Å². The van der Waals surface area contributed by atoms with Gasteiger partial charge in [0.1, 0.15) is 0 Å². The number of carbonyl (C=O) groups is 1. The number of nitrogens with one attached hydrogen (secondary N) is 2. The third-order valence-corrected chi connectivity index (χ3v) is 5.60. The molecule has 6 nitrogen and oxygen atoms in total. The molecule has 1 aliphatic heterocycles. The van der Waals surface area contributed by atoms with Crippen molar-refractivity contribution in [3.8, 4) is 11.3 Å². The monoisotopic (exact) mass is 339 g/mol. The molecule has 3 rings (SSSR count). The summed E-state index contributed by atoms with van der Waals surface area (Å²) in [7, 11) is -3.03. The maximum absolute atomic E-state index is 12.3. The van der Waals surface area contributed by atoms with Crippen LogP contribution in [0.2, 0.25) is 5.02 Å². The molecule has 1 unspecified atom stereocenters. The van der Waals surface area contributed by atoms with E-state index in [1.165, 1.54) is 6.20 Å². The predicted octanol–water partition coefficient (Wildman–Crippen LogP) is 1.65. The van der Waals surface area contributed by atoms with Gasteiger partial charge in [-0.05, 0) is 18.6 Å². The summed E-state index contributed by atoms with van der Waals surface area (Å²) in [6, 6.07) is 6.68. The zero-order valence-corrected chi connectivity index (χ0v) is 13.1. The van der Waals surface area contributed by atoms with Crippen LogP contribution in [0.5, 0.6) is 0 Å². The zero-order valence-electron chi connectivity index (χ0n) is 11.5. The molecule has 0 aliphatic carbocycles. The lowest BCUT2D eigenvalue weighted by Crippen LogP contribution is -2.35. The van der Waals surface area contributed by atoms with Crippen LogP contribution in [0.1, 0.15) is 16.8 Å². The Kier molecular flexibility index (Phi) is 3.92. The summed E-state index contributed by atoms with van der Waals surface area (Å²) in [5, 5.41) is 10.1. The van der Waals surface area contributed by atoms with Gasteiger partial charge in [-0.2, -0.15) is 5.10 Å². The number of aromatic amines is 1. The van der Waals surface area contributed by atoms with Crippen LogP contribution in [-0.4, -0.2) is 42.1 Å². The van der Waals surface area contributed by atoms with E-state index in [1.54, 1.807) is 24.3 Å². The van der Waals surface area contributed by atoms with Gasteiger partial charge in [-0.1, -0.05) is 23.7 Å². The van der Waals surface area contributed by atoms with Crippen molar-refractivity contribution in [2.24, 2.45) is 0 Å². The van der Waals surface area contributed by atoms with Gasteiger partial charge in [-0.25, -0.2) is 8.42 Å². The summed E-state index contributed by atoms with van der Waals surface area (Å²) in [5.74, 6) is -0.221. The Bertz CT molecular complexity index is 799. The molecule has 0 saturated carbocycles. The predicted molar refractivity (Wildman–Crippen MR) is 83.6 cm³/mol. The molecule has 1 fully saturated rings. The normalized spacial score (nSPS) is 20.0. The number of halogens is 1. The van der Waals surface area contributed by atoms with Crippen LogP contribution in [0.4, 0.5) is 0 Å². The van der Waals surface area contributed by atoms with Gasteiger partial charge in [-0.3, -0.25) is 9.89 Å². The fraction of sp³-hybridized carbons (Fsp3) is 0.286. The summed E-state index contributed by atoms with van der Waals surface area (Å²) in [4.78, 5) is 12.3. The van der Waals surface area contributed by atoms with Crippen LogP contribution < -0.4 is 5.32 Å². The van der Waals surface area contributed by atoms with E-state index in [0.29, 0.717) is 22.7 Å². The number of benzene rings is 1. The molecule has 1 atom stereocenters. The van der Waals surface area contributed by atoms with E-state index in [9.17, 15) is 13.2 Å². The van der Waals surface area contributed by atoms with Crippen molar-refractivity contribution in [3.05, 3.63) is 41.0 Å². The van der Waals surface area contributed by atoms with Crippen molar-refractivity contribution in [2.75, 3.05) is 11.5 Å². The molecule has 2 heterocycles. The standard InChI is InChI=1S/C14H14ClN3O3S/c15-10-3-1-9(2-4-10)13-12(7-16-18-13)14(19)17-11-5-6-22(20,21)8-11/h1-4,7,11H,5-6,8H2,(H,16,18)(H,17,19). The van der Waals surface area contributed by atoms with Gasteiger partial charge in [-0.15, -0.1) is 0 Å². The van der Waals surface area contributed by atoms with E-state index in [0.717, 1.165) is 5.56 Å². The van der Waals surface area contributed by atoms with Crippen molar-refractivity contribution in [3.63, 3.8) is 0 Å². The van der Waals surface area contributed by atoms with E-state index < -0.39 is 9.84 Å². The van der Waals surface area contributed by atoms with Crippen molar-refractivity contribution < 1.29 is 13.2 Å². The van der Waals surface area contributed by atoms with Gasteiger partial charge in [0.25, 0.3) is 5.91 Å². The van der Waals surface area contributed by atoms with Crippen LogP contribution in [0.25, 0.3) is 11.3 Å². The second-order valence-electron chi connectivity index (χ2n) is 5.24. The third kappa shape index (κ3) is 3.15. The molecule has 0 bridgehead atoms. The molecule has 116 valence electrons. The number of sulfone groups is 1. The number of aromatic nitrogens is 2. The van der Waals surface area contributed by atoms with E-state index >= 15 is 0 Å². The average molecular weight is 340 g/mol. The number of H-pyrrole nitrogens is 1. The minimum Gasteiger partial charge on any atom is -0.348 e. The van der Waals surface area contributed by atoms with Gasteiger partial charge in [0.15, 0.2) is 9.84 Å². The average Bonchev–Trinajstić information content (AvgIpc) is 3.06. The largest absolute Gasteiger partial charge is 0.348 e. The topological polar surface area (TPSA) is 91.9 Å². The van der Waals surface area contributed by atoms with Crippen molar-refractivity contribution >= 4 is 27.3 Å². The van der Waals surface area contributed by atoms with Crippen LogP contribution in [-0.2, 0) is 9.84 Å². The number of amides is 1. The molecule has 0 spiro atoms. The van der Waals surface area contributed by atoms with Gasteiger partial charge in [0.2, 0.25) is 0 Å². The molecule has 1 aliphatic rings. The fourth-order valence-corrected chi connectivity index (χ4v) is 4.27. The first-order valence-electron chi connectivity index (χ1n) is 6.75. The van der Waals surface area contributed by atoms with Gasteiger partial charge < -0.3 is 5.32 Å². The number of hydrogen-bond donors (Lipinski definition) is 2. The smallest absolute Gasteiger partial charge is 0.255 e. The highest BCUT2D eigenvalue weighted by atomic mass is 35.5. The second kappa shape index (κ2) is 5.73. The summed E-state index contributed by atoms with van der Waals surface area (Å²) < 4.78 is 22.9. The molecule has 2 aromatic rings. The lowest BCUT2D eigenvalue weighted by atomic mass is 10.1. The molecule has 8 heteroatoms. The SMILES string of the molecule is O=C(NC1CCS(=O)(=O)C1)c1cn[nH]c1-c1ccc(Cl)cc1. The molecular weight excluding hydrogens is 326 g/mol. The lowest BCUT2D eigenvalue weighted by molar-refractivity contribution is 0.0942. The minimum absolute atomic E-state index is 0.00707. The third-order valence-electron chi connectivity index (χ3n) is 3.58. The van der Waals surface area contributed by atoms with Gasteiger partial charge in [0, 0.05) is 16.6 Å². The Morgan fingerprint density at radius 3 is 2.68 bits per heavy atom. The number of nitrogens with zero attached hydrogens (tertiary/aromatic N) is 1. The van der Waals surface area contributed by atoms with Crippen LogP contribution in [0, 0.1) is 0 Å². The number of hydrogen-bond acceptors (Lipinski definition) is 4. The molecule has 1 amide bonds. The van der Waals surface area contributed by atoms with Crippen LogP contribution in [0.3, 0.4) is 0 Å². The molecule has 1 aromatic heterocycles. The highest BCUT2D eigenvalue weighted by Crippen LogP contribution is 2.23. The Balaban J connectivity index is 1.80. The highest BCUT2D eigenvalue weighted by molar-refractivity contribution is 7.91. The first-order valence-corrected chi connectivity index (χ1v) is 8.95. The summed E-state index contributed by atoms with van der Waals surface area (Å²) in [5.41, 5.74) is 1.74. The van der Waals surface area contributed by atoms with E-state index in [4.69, 9.17) is 11.6 Å². The molecule has 2 N–H and O–H groups in total. The highest BCUT2D eigenvalue weighted by Gasteiger charge is 2.29. The first kappa shape index (κ1) is 15.1. The molecule has 1 saturated heterocycles. The summed E-state index contributed by atoms with van der Waals surface area (Å²) >= 11 is 5.85. The van der Waals surface area contributed by atoms with E-state index in [1.807, 2.05) is 0 Å². The Morgan fingerprint density at radius 2 is 2.05 bits per heavy atom.